The van der Waals surface area contributed by atoms with Crippen molar-refractivity contribution in [1.82, 2.24) is 20.3 Å². The molecule has 0 N–H and O–H groups in total. The Morgan fingerprint density at radius 2 is 1.97 bits per heavy atom. The summed E-state index contributed by atoms with van der Waals surface area (Å²) in [5.74, 6) is -4.78. The van der Waals surface area contributed by atoms with Gasteiger partial charge in [0.1, 0.15) is 17.7 Å². The molecule has 158 valence electrons. The maximum absolute atomic E-state index is 14.8. The molecule has 3 aromatic rings. The lowest BCUT2D eigenvalue weighted by molar-refractivity contribution is -0.159. The molecule has 1 aliphatic heterocycles. The number of rotatable bonds is 4. The van der Waals surface area contributed by atoms with E-state index in [1.165, 1.54) is 0 Å². The van der Waals surface area contributed by atoms with Gasteiger partial charge in [-0.15, -0.1) is 10.2 Å². The van der Waals surface area contributed by atoms with Crippen LogP contribution in [0, 0.1) is 11.6 Å². The van der Waals surface area contributed by atoms with E-state index < -0.39 is 52.7 Å². The fourth-order valence-corrected chi connectivity index (χ4v) is 3.10. The van der Waals surface area contributed by atoms with Crippen LogP contribution in [-0.2, 0) is 17.4 Å². The molecule has 3 heterocycles. The Kier molecular flexibility index (Phi) is 4.74. The van der Waals surface area contributed by atoms with Gasteiger partial charge in [0, 0.05) is 18.9 Å². The molecule has 8 nitrogen and oxygen atoms in total. The summed E-state index contributed by atoms with van der Waals surface area (Å²) in [6.07, 6.45) is -4.20. The molecule has 4 rings (SSSR count). The number of hydrogen-bond donors (Lipinski definition) is 0. The highest BCUT2D eigenvalue weighted by Gasteiger charge is 2.40. The van der Waals surface area contributed by atoms with E-state index in [-0.39, 0.29) is 18.7 Å². The number of aryl methyl sites for hydroxylation is 1. The van der Waals surface area contributed by atoms with Gasteiger partial charge in [0.15, 0.2) is 0 Å². The SMILES string of the molecule is CCc1nnc(C2CCC(=O)N2c2cc(F)c(-c3noc(C(F)(F)F)n3)cc2F)o1. The summed E-state index contributed by atoms with van der Waals surface area (Å²) in [7, 11) is 0. The van der Waals surface area contributed by atoms with Crippen LogP contribution in [-0.4, -0.2) is 26.2 Å². The van der Waals surface area contributed by atoms with Crippen molar-refractivity contribution in [3.63, 3.8) is 0 Å². The molecule has 0 spiro atoms. The van der Waals surface area contributed by atoms with E-state index in [4.69, 9.17) is 4.42 Å². The molecule has 0 bridgehead atoms. The Morgan fingerprint density at radius 3 is 2.60 bits per heavy atom. The molecule has 0 saturated carbocycles. The van der Waals surface area contributed by atoms with Crippen molar-refractivity contribution < 1.29 is 35.7 Å². The van der Waals surface area contributed by atoms with E-state index in [1.54, 1.807) is 6.92 Å². The maximum atomic E-state index is 14.8. The van der Waals surface area contributed by atoms with Gasteiger partial charge in [0.05, 0.1) is 11.3 Å². The lowest BCUT2D eigenvalue weighted by Gasteiger charge is -2.23. The largest absolute Gasteiger partial charge is 0.471 e. The van der Waals surface area contributed by atoms with Crippen LogP contribution in [0.25, 0.3) is 11.4 Å². The van der Waals surface area contributed by atoms with E-state index in [1.807, 2.05) is 0 Å². The molecule has 1 aromatic carbocycles. The van der Waals surface area contributed by atoms with Gasteiger partial charge in [0.25, 0.3) is 0 Å². The van der Waals surface area contributed by atoms with Crippen molar-refractivity contribution in [2.45, 2.75) is 38.4 Å². The predicted octanol–water partition coefficient (Wildman–Crippen LogP) is 3.85. The first-order valence-electron chi connectivity index (χ1n) is 8.73. The standard InChI is InChI=1S/C17H12F5N5O3/c1-2-12-24-25-15(29-12)10-3-4-13(28)27(10)11-6-8(18)7(5-9(11)19)14-23-16(30-26-14)17(20,21)22/h5-6,10H,2-4H2,1H3. The lowest BCUT2D eigenvalue weighted by atomic mass is 10.1. The minimum Gasteiger partial charge on any atom is -0.423 e. The topological polar surface area (TPSA) is 98.2 Å². The first-order chi connectivity index (χ1) is 14.2. The van der Waals surface area contributed by atoms with Crippen LogP contribution < -0.4 is 4.90 Å². The third-order valence-electron chi connectivity index (χ3n) is 4.49. The minimum atomic E-state index is -4.93. The van der Waals surface area contributed by atoms with Gasteiger partial charge in [0.2, 0.25) is 23.5 Å². The molecule has 1 saturated heterocycles. The van der Waals surface area contributed by atoms with E-state index in [0.717, 1.165) is 4.90 Å². The third kappa shape index (κ3) is 3.39. The Bertz CT molecular complexity index is 1110. The normalized spacial score (nSPS) is 17.2. The van der Waals surface area contributed by atoms with Crippen LogP contribution in [0.3, 0.4) is 0 Å². The fourth-order valence-electron chi connectivity index (χ4n) is 3.10. The molecule has 1 atom stereocenters. The van der Waals surface area contributed by atoms with Crippen LogP contribution in [0.4, 0.5) is 27.6 Å². The second-order valence-electron chi connectivity index (χ2n) is 6.41. The van der Waals surface area contributed by atoms with E-state index >= 15 is 0 Å². The molecule has 1 amide bonds. The summed E-state index contributed by atoms with van der Waals surface area (Å²) >= 11 is 0. The van der Waals surface area contributed by atoms with Crippen LogP contribution in [0.15, 0.2) is 21.1 Å². The van der Waals surface area contributed by atoms with Crippen LogP contribution in [0.5, 0.6) is 0 Å². The summed E-state index contributed by atoms with van der Waals surface area (Å²) in [6, 6.07) is 0.484. The Hall–Kier alpha value is -3.38. The van der Waals surface area contributed by atoms with Gasteiger partial charge in [-0.2, -0.15) is 18.2 Å². The predicted molar refractivity (Wildman–Crippen MR) is 87.8 cm³/mol. The van der Waals surface area contributed by atoms with Crippen LogP contribution in [0.2, 0.25) is 0 Å². The van der Waals surface area contributed by atoms with Crippen LogP contribution in [0.1, 0.15) is 43.5 Å². The van der Waals surface area contributed by atoms with Gasteiger partial charge >= 0.3 is 12.1 Å². The number of hydrogen-bond acceptors (Lipinski definition) is 7. The molecule has 0 aliphatic carbocycles. The summed E-state index contributed by atoms with van der Waals surface area (Å²) in [6.45, 7) is 1.78. The monoisotopic (exact) mass is 429 g/mol. The van der Waals surface area contributed by atoms with Gasteiger partial charge in [-0.05, 0) is 12.5 Å². The Labute approximate surface area is 164 Å². The number of amides is 1. The van der Waals surface area contributed by atoms with E-state index in [2.05, 4.69) is 24.9 Å². The molecule has 13 heteroatoms. The number of benzene rings is 1. The zero-order chi connectivity index (χ0) is 21.6. The molecular formula is C17H12F5N5O3. The average Bonchev–Trinajstić information content (AvgIpc) is 3.41. The highest BCUT2D eigenvalue weighted by molar-refractivity contribution is 5.96. The minimum absolute atomic E-state index is 0.0388. The molecule has 2 aromatic heterocycles. The summed E-state index contributed by atoms with van der Waals surface area (Å²) in [5.41, 5.74) is -1.07. The summed E-state index contributed by atoms with van der Waals surface area (Å²) in [4.78, 5) is 16.4. The highest BCUT2D eigenvalue weighted by Crippen LogP contribution is 2.39. The zero-order valence-electron chi connectivity index (χ0n) is 15.2. The quantitative estimate of drug-likeness (QED) is 0.581. The number of anilines is 1. The zero-order valence-corrected chi connectivity index (χ0v) is 15.2. The fraction of sp³-hybridized carbons (Fsp3) is 0.353. The van der Waals surface area contributed by atoms with Gasteiger partial charge in [-0.25, -0.2) is 8.78 Å². The lowest BCUT2D eigenvalue weighted by Crippen LogP contribution is -2.28. The highest BCUT2D eigenvalue weighted by atomic mass is 19.4. The van der Waals surface area contributed by atoms with E-state index in [9.17, 15) is 26.7 Å². The molecule has 30 heavy (non-hydrogen) atoms. The van der Waals surface area contributed by atoms with Crippen molar-refractivity contribution >= 4 is 11.6 Å². The van der Waals surface area contributed by atoms with Crippen molar-refractivity contribution in [3.05, 3.63) is 41.4 Å². The number of halogens is 5. The molecule has 1 aliphatic rings. The van der Waals surface area contributed by atoms with Gasteiger partial charge < -0.3 is 8.94 Å². The summed E-state index contributed by atoms with van der Waals surface area (Å²) in [5, 5.41) is 10.7. The van der Waals surface area contributed by atoms with Crippen molar-refractivity contribution in [1.29, 1.82) is 0 Å². The summed E-state index contributed by atoms with van der Waals surface area (Å²) < 4.78 is 76.8. The maximum Gasteiger partial charge on any atom is 0.471 e. The smallest absolute Gasteiger partial charge is 0.423 e. The number of alkyl halides is 3. The second kappa shape index (κ2) is 7.15. The number of aromatic nitrogens is 4. The van der Waals surface area contributed by atoms with Gasteiger partial charge in [-0.3, -0.25) is 9.69 Å². The molecule has 1 unspecified atom stereocenters. The van der Waals surface area contributed by atoms with Crippen molar-refractivity contribution in [2.75, 3.05) is 4.90 Å². The molecule has 1 fully saturated rings. The number of nitrogens with zero attached hydrogens (tertiary/aromatic N) is 5. The van der Waals surface area contributed by atoms with E-state index in [0.29, 0.717) is 24.4 Å². The van der Waals surface area contributed by atoms with Crippen molar-refractivity contribution in [3.8, 4) is 11.4 Å². The average molecular weight is 429 g/mol. The van der Waals surface area contributed by atoms with Gasteiger partial charge in [-0.1, -0.05) is 12.1 Å². The molecule has 0 radical (unpaired) electrons. The Morgan fingerprint density at radius 1 is 1.20 bits per heavy atom. The first-order valence-corrected chi connectivity index (χ1v) is 8.73. The molecular weight excluding hydrogens is 417 g/mol. The second-order valence-corrected chi connectivity index (χ2v) is 6.41. The number of carbonyl (C=O) groups excluding carboxylic acids is 1. The van der Waals surface area contributed by atoms with Crippen molar-refractivity contribution in [2.24, 2.45) is 0 Å². The first kappa shape index (κ1) is 19.9. The number of carbonyl (C=O) groups is 1. The third-order valence-corrected chi connectivity index (χ3v) is 4.49. The van der Waals surface area contributed by atoms with Crippen LogP contribution >= 0.6 is 0 Å². The Balaban J connectivity index is 1.71.